The number of rotatable bonds is 4. The van der Waals surface area contributed by atoms with Gasteiger partial charge in [-0.3, -0.25) is 0 Å². The number of hydrogen-bond acceptors (Lipinski definition) is 2. The number of isocyanates is 1. The minimum Gasteiger partial charge on any atom is -0.211 e. The summed E-state index contributed by atoms with van der Waals surface area (Å²) in [6.07, 6.45) is 1.58. The Morgan fingerprint density at radius 1 is 0.667 bits per heavy atom. The Morgan fingerprint density at radius 3 is 1.42 bits per heavy atom. The van der Waals surface area contributed by atoms with Crippen LogP contribution in [0.1, 0.15) is 33.7 Å². The topological polar surface area (TPSA) is 29.4 Å². The Labute approximate surface area is 142 Å². The predicted octanol–water partition coefficient (Wildman–Crippen LogP) is 5.45. The van der Waals surface area contributed by atoms with Crippen molar-refractivity contribution in [2.45, 2.75) is 19.8 Å². The van der Waals surface area contributed by atoms with Crippen molar-refractivity contribution >= 4 is 11.8 Å². The highest BCUT2D eigenvalue weighted by molar-refractivity contribution is 5.52. The standard InChI is InChI=1S/C22H19NO/c1-16-3-7-18(8-4-16)22(19-9-5-17(2)6-10-19)20-11-13-21(14-12-20)23-15-24/h3-14,22H,1-2H3. The summed E-state index contributed by atoms with van der Waals surface area (Å²) in [5.74, 6) is 0.153. The van der Waals surface area contributed by atoms with Gasteiger partial charge in [0.1, 0.15) is 0 Å². The number of aliphatic imine (C=N–C) groups is 1. The zero-order chi connectivity index (χ0) is 16.9. The average Bonchev–Trinajstić information content (AvgIpc) is 2.60. The Morgan fingerprint density at radius 2 is 1.04 bits per heavy atom. The molecule has 0 saturated carbocycles. The Kier molecular flexibility index (Phi) is 4.69. The van der Waals surface area contributed by atoms with Crippen molar-refractivity contribution in [1.82, 2.24) is 0 Å². The summed E-state index contributed by atoms with van der Waals surface area (Å²) >= 11 is 0. The molecule has 3 rings (SSSR count). The summed E-state index contributed by atoms with van der Waals surface area (Å²) in [6.45, 7) is 4.19. The van der Waals surface area contributed by atoms with Crippen molar-refractivity contribution in [2.24, 2.45) is 4.99 Å². The van der Waals surface area contributed by atoms with E-state index in [1.165, 1.54) is 27.8 Å². The average molecular weight is 313 g/mol. The van der Waals surface area contributed by atoms with Crippen LogP contribution in [0, 0.1) is 13.8 Å². The van der Waals surface area contributed by atoms with E-state index in [0.717, 1.165) is 0 Å². The molecule has 0 fully saturated rings. The van der Waals surface area contributed by atoms with E-state index in [4.69, 9.17) is 0 Å². The Balaban J connectivity index is 2.08. The van der Waals surface area contributed by atoms with E-state index in [-0.39, 0.29) is 5.92 Å². The molecule has 0 aliphatic heterocycles. The molecule has 0 spiro atoms. The predicted molar refractivity (Wildman–Crippen MR) is 97.5 cm³/mol. The molecule has 0 heterocycles. The highest BCUT2D eigenvalue weighted by Gasteiger charge is 2.16. The number of benzene rings is 3. The van der Waals surface area contributed by atoms with E-state index in [1.807, 2.05) is 24.3 Å². The van der Waals surface area contributed by atoms with Crippen molar-refractivity contribution < 1.29 is 4.79 Å². The normalized spacial score (nSPS) is 10.5. The van der Waals surface area contributed by atoms with Crippen LogP contribution < -0.4 is 0 Å². The van der Waals surface area contributed by atoms with Crippen molar-refractivity contribution in [3.8, 4) is 0 Å². The van der Waals surface area contributed by atoms with Gasteiger partial charge in [0, 0.05) is 5.92 Å². The first-order valence-electron chi connectivity index (χ1n) is 7.98. The third kappa shape index (κ3) is 3.51. The molecule has 2 nitrogen and oxygen atoms in total. The third-order valence-electron chi connectivity index (χ3n) is 4.22. The van der Waals surface area contributed by atoms with Gasteiger partial charge in [0.05, 0.1) is 5.69 Å². The molecule has 0 bridgehead atoms. The maximum absolute atomic E-state index is 10.4. The van der Waals surface area contributed by atoms with Crippen LogP contribution in [0.2, 0.25) is 0 Å². The van der Waals surface area contributed by atoms with Crippen LogP contribution in [0.25, 0.3) is 0 Å². The van der Waals surface area contributed by atoms with E-state index in [0.29, 0.717) is 5.69 Å². The zero-order valence-electron chi connectivity index (χ0n) is 13.9. The van der Waals surface area contributed by atoms with Crippen molar-refractivity contribution in [3.05, 3.63) is 101 Å². The summed E-state index contributed by atoms with van der Waals surface area (Å²) in [4.78, 5) is 14.1. The lowest BCUT2D eigenvalue weighted by molar-refractivity contribution is 0.565. The van der Waals surface area contributed by atoms with E-state index < -0.39 is 0 Å². The third-order valence-corrected chi connectivity index (χ3v) is 4.22. The van der Waals surface area contributed by atoms with Crippen LogP contribution in [-0.4, -0.2) is 6.08 Å². The van der Waals surface area contributed by atoms with Crippen LogP contribution in [-0.2, 0) is 4.79 Å². The SMILES string of the molecule is Cc1ccc(C(c2ccc(C)cc2)c2ccc(N=C=O)cc2)cc1. The first-order valence-corrected chi connectivity index (χ1v) is 7.98. The minimum atomic E-state index is 0.153. The molecule has 0 N–H and O–H groups in total. The number of aryl methyl sites for hydroxylation is 2. The fourth-order valence-electron chi connectivity index (χ4n) is 2.89. The summed E-state index contributed by atoms with van der Waals surface area (Å²) in [7, 11) is 0. The molecule has 0 amide bonds. The fraction of sp³-hybridized carbons (Fsp3) is 0.136. The summed E-state index contributed by atoms with van der Waals surface area (Å²) in [6, 6.07) is 25.0. The van der Waals surface area contributed by atoms with Gasteiger partial charge in [-0.15, -0.1) is 0 Å². The molecule has 3 aromatic rings. The van der Waals surface area contributed by atoms with E-state index >= 15 is 0 Å². The highest BCUT2D eigenvalue weighted by atomic mass is 16.1. The van der Waals surface area contributed by atoms with Gasteiger partial charge in [-0.1, -0.05) is 71.8 Å². The maximum atomic E-state index is 10.4. The molecular formula is C22H19NO. The molecule has 3 aromatic carbocycles. The van der Waals surface area contributed by atoms with Crippen molar-refractivity contribution in [3.63, 3.8) is 0 Å². The molecule has 0 radical (unpaired) electrons. The van der Waals surface area contributed by atoms with Gasteiger partial charge in [-0.05, 0) is 42.7 Å². The lowest BCUT2D eigenvalue weighted by Crippen LogP contribution is -2.03. The highest BCUT2D eigenvalue weighted by Crippen LogP contribution is 2.33. The first-order chi connectivity index (χ1) is 11.7. The molecule has 0 aliphatic carbocycles. The number of nitrogens with zero attached hydrogens (tertiary/aromatic N) is 1. The van der Waals surface area contributed by atoms with E-state index in [9.17, 15) is 4.79 Å². The molecule has 0 atom stereocenters. The minimum absolute atomic E-state index is 0.153. The summed E-state index contributed by atoms with van der Waals surface area (Å²) in [5, 5.41) is 0. The number of hydrogen-bond donors (Lipinski definition) is 0. The first kappa shape index (κ1) is 15.9. The number of carbonyl (C=O) groups excluding carboxylic acids is 1. The summed E-state index contributed by atoms with van der Waals surface area (Å²) < 4.78 is 0. The van der Waals surface area contributed by atoms with Gasteiger partial charge < -0.3 is 0 Å². The molecule has 0 saturated heterocycles. The molecule has 118 valence electrons. The van der Waals surface area contributed by atoms with Gasteiger partial charge in [0.15, 0.2) is 0 Å². The fourth-order valence-corrected chi connectivity index (χ4v) is 2.89. The van der Waals surface area contributed by atoms with Crippen LogP contribution >= 0.6 is 0 Å². The maximum Gasteiger partial charge on any atom is 0.240 e. The molecule has 0 aromatic heterocycles. The van der Waals surface area contributed by atoms with Crippen molar-refractivity contribution in [1.29, 1.82) is 0 Å². The van der Waals surface area contributed by atoms with Gasteiger partial charge >= 0.3 is 0 Å². The van der Waals surface area contributed by atoms with Crippen molar-refractivity contribution in [2.75, 3.05) is 0 Å². The smallest absolute Gasteiger partial charge is 0.211 e. The second kappa shape index (κ2) is 7.08. The van der Waals surface area contributed by atoms with Crippen LogP contribution in [0.15, 0.2) is 77.8 Å². The zero-order valence-corrected chi connectivity index (χ0v) is 13.9. The monoisotopic (exact) mass is 313 g/mol. The van der Waals surface area contributed by atoms with Gasteiger partial charge in [-0.25, -0.2) is 4.79 Å². The molecule has 0 unspecified atom stereocenters. The van der Waals surface area contributed by atoms with E-state index in [1.54, 1.807) is 6.08 Å². The van der Waals surface area contributed by atoms with Gasteiger partial charge in [-0.2, -0.15) is 4.99 Å². The second-order valence-electron chi connectivity index (χ2n) is 6.05. The molecule has 24 heavy (non-hydrogen) atoms. The lowest BCUT2D eigenvalue weighted by atomic mass is 9.84. The summed E-state index contributed by atoms with van der Waals surface area (Å²) in [5.41, 5.74) is 6.79. The van der Waals surface area contributed by atoms with E-state index in [2.05, 4.69) is 67.4 Å². The quantitative estimate of drug-likeness (QED) is 0.358. The molecule has 2 heteroatoms. The largest absolute Gasteiger partial charge is 0.240 e. The lowest BCUT2D eigenvalue weighted by Gasteiger charge is -2.19. The van der Waals surface area contributed by atoms with Crippen LogP contribution in [0.5, 0.6) is 0 Å². The van der Waals surface area contributed by atoms with Gasteiger partial charge in [0.2, 0.25) is 6.08 Å². The molecular weight excluding hydrogens is 294 g/mol. The Hall–Kier alpha value is -2.96. The molecule has 0 aliphatic rings. The Bertz CT molecular complexity index is 810. The van der Waals surface area contributed by atoms with Crippen LogP contribution in [0.4, 0.5) is 5.69 Å². The van der Waals surface area contributed by atoms with Crippen LogP contribution in [0.3, 0.4) is 0 Å². The second-order valence-corrected chi connectivity index (χ2v) is 6.05. The van der Waals surface area contributed by atoms with Gasteiger partial charge in [0.25, 0.3) is 0 Å².